The van der Waals surface area contributed by atoms with E-state index in [0.29, 0.717) is 24.3 Å². The quantitative estimate of drug-likeness (QED) is 0.742. The zero-order chi connectivity index (χ0) is 20.8. The minimum absolute atomic E-state index is 0.185. The third-order valence-corrected chi connectivity index (χ3v) is 6.70. The molecule has 3 aliphatic rings. The second-order valence-corrected chi connectivity index (χ2v) is 8.20. The van der Waals surface area contributed by atoms with Gasteiger partial charge in [0.15, 0.2) is 0 Å². The zero-order valence-corrected chi connectivity index (χ0v) is 17.1. The lowest BCUT2D eigenvalue weighted by Gasteiger charge is -2.56. The predicted molar refractivity (Wildman–Crippen MR) is 109 cm³/mol. The van der Waals surface area contributed by atoms with Gasteiger partial charge in [0.2, 0.25) is 5.91 Å². The van der Waals surface area contributed by atoms with Gasteiger partial charge in [0, 0.05) is 30.7 Å². The van der Waals surface area contributed by atoms with Crippen LogP contribution >= 0.6 is 0 Å². The Bertz CT molecular complexity index is 684. The summed E-state index contributed by atoms with van der Waals surface area (Å²) in [5.41, 5.74) is 0.953. The average Bonchev–Trinajstić information content (AvgIpc) is 2.75. The van der Waals surface area contributed by atoms with Crippen LogP contribution in [0.3, 0.4) is 0 Å². The van der Waals surface area contributed by atoms with Crippen molar-refractivity contribution in [1.29, 1.82) is 0 Å². The van der Waals surface area contributed by atoms with Crippen molar-refractivity contribution in [2.45, 2.75) is 44.2 Å². The molecule has 2 bridgehead atoms. The maximum absolute atomic E-state index is 13.0. The Morgan fingerprint density at radius 3 is 2.69 bits per heavy atom. The molecule has 0 radical (unpaired) electrons. The molecule has 3 saturated heterocycles. The molecule has 3 aliphatic heterocycles. The van der Waals surface area contributed by atoms with Crippen molar-refractivity contribution >= 4 is 12.4 Å². The Labute approximate surface area is 172 Å². The Balaban J connectivity index is 0.000000755. The lowest BCUT2D eigenvalue weighted by atomic mass is 9.72. The first kappa shape index (κ1) is 21.6. The van der Waals surface area contributed by atoms with Crippen LogP contribution in [-0.2, 0) is 16.0 Å². The molecule has 29 heavy (non-hydrogen) atoms. The minimum atomic E-state index is -0.250. The van der Waals surface area contributed by atoms with Crippen LogP contribution in [0.4, 0.5) is 0 Å². The number of aliphatic hydroxyl groups excluding tert-OH is 1. The molecule has 2 N–H and O–H groups in total. The number of carboxylic acid groups (broad SMARTS) is 1. The molecule has 1 aromatic rings. The van der Waals surface area contributed by atoms with Crippen molar-refractivity contribution in [3.63, 3.8) is 0 Å². The van der Waals surface area contributed by atoms with E-state index in [9.17, 15) is 9.90 Å². The summed E-state index contributed by atoms with van der Waals surface area (Å²) < 4.78 is 5.40. The van der Waals surface area contributed by atoms with E-state index in [1.807, 2.05) is 24.3 Å². The largest absolute Gasteiger partial charge is 0.496 e. The van der Waals surface area contributed by atoms with E-state index in [4.69, 9.17) is 14.6 Å². The predicted octanol–water partition coefficient (Wildman–Crippen LogP) is 1.63. The van der Waals surface area contributed by atoms with E-state index < -0.39 is 0 Å². The molecule has 3 heterocycles. The monoisotopic (exact) mass is 404 g/mol. The summed E-state index contributed by atoms with van der Waals surface area (Å²) in [7, 11) is 1.65. The topological polar surface area (TPSA) is 90.3 Å². The summed E-state index contributed by atoms with van der Waals surface area (Å²) in [4.78, 5) is 26.0. The number of rotatable bonds is 4. The first-order valence-electron chi connectivity index (χ1n) is 10.5. The number of nitrogens with zero attached hydrogens (tertiary/aromatic N) is 2. The van der Waals surface area contributed by atoms with Crippen molar-refractivity contribution in [2.24, 2.45) is 11.8 Å². The molecule has 7 heteroatoms. The fraction of sp³-hybridized carbons (Fsp3) is 0.636. The van der Waals surface area contributed by atoms with Crippen molar-refractivity contribution in [3.8, 4) is 5.75 Å². The molecule has 4 atom stereocenters. The Morgan fingerprint density at radius 2 is 1.97 bits per heavy atom. The minimum Gasteiger partial charge on any atom is -0.496 e. The van der Waals surface area contributed by atoms with Crippen LogP contribution in [0, 0.1) is 11.8 Å². The number of para-hydroxylation sites is 1. The molecule has 0 aromatic heterocycles. The highest BCUT2D eigenvalue weighted by Crippen LogP contribution is 2.41. The summed E-state index contributed by atoms with van der Waals surface area (Å²) in [6.07, 6.45) is 5.27. The van der Waals surface area contributed by atoms with Gasteiger partial charge in [-0.15, -0.1) is 0 Å². The Morgan fingerprint density at radius 1 is 1.24 bits per heavy atom. The van der Waals surface area contributed by atoms with Crippen molar-refractivity contribution in [1.82, 2.24) is 9.80 Å². The normalized spacial score (nSPS) is 28.6. The van der Waals surface area contributed by atoms with E-state index in [1.165, 1.54) is 19.3 Å². The van der Waals surface area contributed by atoms with E-state index >= 15 is 0 Å². The summed E-state index contributed by atoms with van der Waals surface area (Å²) in [5, 5.41) is 16.9. The standard InChI is InChI=1S/C21H30N2O3.CH2O2/c1-26-20-8-3-2-6-15(20)11-21(25)22-12-16-10-17(13-22)19(14-24)23-9-5-4-7-18(16)23;2-1-3/h2-3,6,8,16-19,24H,4-5,7,9-14H2,1H3;1H,(H,2,3)/t16-,17+,18+,19+;/m1./s1. The van der Waals surface area contributed by atoms with Crippen LogP contribution in [0.15, 0.2) is 24.3 Å². The lowest BCUT2D eigenvalue weighted by molar-refractivity contribution is -0.141. The second-order valence-electron chi connectivity index (χ2n) is 8.20. The Kier molecular flexibility index (Phi) is 7.50. The number of hydrogen-bond donors (Lipinski definition) is 2. The highest BCUT2D eigenvalue weighted by Gasteiger charge is 2.47. The number of aliphatic hydroxyl groups is 1. The summed E-state index contributed by atoms with van der Waals surface area (Å²) >= 11 is 0. The number of carbonyl (C=O) groups is 2. The molecule has 7 nitrogen and oxygen atoms in total. The van der Waals surface area contributed by atoms with E-state index in [2.05, 4.69) is 9.80 Å². The SMILES string of the molecule is COc1ccccc1CC(=O)N1C[C@H]2C[C@@H](C1)[C@H](CO)N1CCCC[C@@H]21.O=CO. The van der Waals surface area contributed by atoms with Crippen LogP contribution in [0.25, 0.3) is 0 Å². The number of hydrogen-bond acceptors (Lipinski definition) is 5. The Hall–Kier alpha value is -2.12. The molecule has 3 fully saturated rings. The van der Waals surface area contributed by atoms with Crippen LogP contribution in [0.1, 0.15) is 31.2 Å². The smallest absolute Gasteiger partial charge is 0.290 e. The number of carbonyl (C=O) groups excluding carboxylic acids is 1. The van der Waals surface area contributed by atoms with Gasteiger partial charge in [-0.3, -0.25) is 14.5 Å². The van der Waals surface area contributed by atoms with Gasteiger partial charge in [-0.05, 0) is 43.7 Å². The molecule has 160 valence electrons. The fourth-order valence-corrected chi connectivity index (χ4v) is 5.49. The van der Waals surface area contributed by atoms with Gasteiger partial charge >= 0.3 is 0 Å². The van der Waals surface area contributed by atoms with Gasteiger partial charge in [-0.2, -0.15) is 0 Å². The molecular weight excluding hydrogens is 372 g/mol. The summed E-state index contributed by atoms with van der Waals surface area (Å²) in [6, 6.07) is 8.53. The van der Waals surface area contributed by atoms with Crippen LogP contribution in [0.2, 0.25) is 0 Å². The molecule has 1 amide bonds. The van der Waals surface area contributed by atoms with Gasteiger partial charge < -0.3 is 19.8 Å². The van der Waals surface area contributed by atoms with Gasteiger partial charge in [0.25, 0.3) is 6.47 Å². The first-order chi connectivity index (χ1) is 14.1. The molecule has 0 spiro atoms. The third kappa shape index (κ3) is 4.73. The molecule has 0 unspecified atom stereocenters. The number of ether oxygens (including phenoxy) is 1. The number of piperidine rings is 3. The maximum Gasteiger partial charge on any atom is 0.290 e. The zero-order valence-electron chi connectivity index (χ0n) is 17.1. The van der Waals surface area contributed by atoms with E-state index in [1.54, 1.807) is 7.11 Å². The number of likely N-dealkylation sites (tertiary alicyclic amines) is 1. The van der Waals surface area contributed by atoms with Crippen molar-refractivity contribution < 1.29 is 24.5 Å². The van der Waals surface area contributed by atoms with E-state index in [0.717, 1.165) is 37.4 Å². The van der Waals surface area contributed by atoms with Gasteiger partial charge in [0.05, 0.1) is 20.1 Å². The number of methoxy groups -OCH3 is 1. The second kappa shape index (κ2) is 10.1. The van der Waals surface area contributed by atoms with Gasteiger partial charge in [-0.25, -0.2) is 0 Å². The van der Waals surface area contributed by atoms with Crippen LogP contribution < -0.4 is 4.74 Å². The third-order valence-electron chi connectivity index (χ3n) is 6.70. The van der Waals surface area contributed by atoms with Crippen molar-refractivity contribution in [2.75, 3.05) is 33.4 Å². The van der Waals surface area contributed by atoms with Gasteiger partial charge in [0.1, 0.15) is 5.75 Å². The number of amides is 1. The van der Waals surface area contributed by atoms with E-state index in [-0.39, 0.29) is 25.0 Å². The number of benzene rings is 1. The molecular formula is C22H32N2O5. The molecule has 4 rings (SSSR count). The lowest BCUT2D eigenvalue weighted by Crippen LogP contribution is -2.65. The number of fused-ring (bicyclic) bond motifs is 4. The highest BCUT2D eigenvalue weighted by atomic mass is 16.5. The fourth-order valence-electron chi connectivity index (χ4n) is 5.49. The molecule has 0 aliphatic carbocycles. The summed E-state index contributed by atoms with van der Waals surface area (Å²) in [6.45, 7) is 2.71. The van der Waals surface area contributed by atoms with Crippen molar-refractivity contribution in [3.05, 3.63) is 29.8 Å². The first-order valence-corrected chi connectivity index (χ1v) is 10.5. The average molecular weight is 405 g/mol. The van der Waals surface area contributed by atoms with Crippen LogP contribution in [-0.4, -0.2) is 77.8 Å². The van der Waals surface area contributed by atoms with Gasteiger partial charge in [-0.1, -0.05) is 24.6 Å². The molecule has 1 aromatic carbocycles. The van der Waals surface area contributed by atoms with Crippen LogP contribution in [0.5, 0.6) is 5.75 Å². The summed E-state index contributed by atoms with van der Waals surface area (Å²) in [5.74, 6) is 1.92. The molecule has 0 saturated carbocycles. The maximum atomic E-state index is 13.0. The highest BCUT2D eigenvalue weighted by molar-refractivity contribution is 5.79.